The van der Waals surface area contributed by atoms with Crippen LogP contribution < -0.4 is 10.2 Å². The number of fused-ring (bicyclic) bond motifs is 1. The molecule has 1 amide bonds. The van der Waals surface area contributed by atoms with Crippen LogP contribution >= 0.6 is 11.3 Å². The van der Waals surface area contributed by atoms with Crippen molar-refractivity contribution in [3.8, 4) is 0 Å². The van der Waals surface area contributed by atoms with Crippen molar-refractivity contribution in [3.05, 3.63) is 58.2 Å². The van der Waals surface area contributed by atoms with Gasteiger partial charge in [-0.25, -0.2) is 9.67 Å². The van der Waals surface area contributed by atoms with E-state index in [1.165, 1.54) is 10.6 Å². The van der Waals surface area contributed by atoms with Gasteiger partial charge in [0.15, 0.2) is 0 Å². The number of carbonyl (C=O) groups is 1. The second-order valence-electron chi connectivity index (χ2n) is 8.96. The first-order valence-electron chi connectivity index (χ1n) is 10.8. The highest BCUT2D eigenvalue weighted by atomic mass is 32.1. The predicted molar refractivity (Wildman–Crippen MR) is 124 cm³/mol. The summed E-state index contributed by atoms with van der Waals surface area (Å²) in [7, 11) is 0. The number of carbonyl (C=O) groups excluding carboxylic acids is 1. The van der Waals surface area contributed by atoms with Gasteiger partial charge in [0.1, 0.15) is 16.4 Å². The van der Waals surface area contributed by atoms with Crippen molar-refractivity contribution < 1.29 is 4.79 Å². The minimum Gasteiger partial charge on any atom is -0.368 e. The third kappa shape index (κ3) is 3.69. The molecule has 1 atom stereocenters. The van der Waals surface area contributed by atoms with Crippen molar-refractivity contribution in [2.24, 2.45) is 0 Å². The second kappa shape index (κ2) is 7.67. The van der Waals surface area contributed by atoms with E-state index < -0.39 is 0 Å². The van der Waals surface area contributed by atoms with Crippen LogP contribution in [0.15, 0.2) is 42.7 Å². The molecule has 7 nitrogen and oxygen atoms in total. The molecule has 31 heavy (non-hydrogen) atoms. The molecule has 2 aliphatic rings. The second-order valence-corrected chi connectivity index (χ2v) is 10.2. The van der Waals surface area contributed by atoms with Crippen molar-refractivity contribution in [1.82, 2.24) is 19.7 Å². The number of hydrogen-bond donors (Lipinski definition) is 1. The summed E-state index contributed by atoms with van der Waals surface area (Å²) in [4.78, 5) is 23.5. The lowest BCUT2D eigenvalue weighted by Crippen LogP contribution is -2.49. The Morgan fingerprint density at radius 3 is 2.55 bits per heavy atom. The zero-order chi connectivity index (χ0) is 21.6. The third-order valence-corrected chi connectivity index (χ3v) is 7.24. The van der Waals surface area contributed by atoms with Gasteiger partial charge < -0.3 is 15.1 Å². The topological polar surface area (TPSA) is 66.3 Å². The Morgan fingerprint density at radius 2 is 1.87 bits per heavy atom. The van der Waals surface area contributed by atoms with Gasteiger partial charge in [-0.2, -0.15) is 5.10 Å². The first-order valence-corrected chi connectivity index (χ1v) is 11.6. The summed E-state index contributed by atoms with van der Waals surface area (Å²) in [5.41, 5.74) is 1.66. The molecule has 8 heteroatoms. The summed E-state index contributed by atoms with van der Waals surface area (Å²) in [6.07, 6.45) is 4.52. The fourth-order valence-electron chi connectivity index (χ4n) is 4.56. The van der Waals surface area contributed by atoms with Crippen LogP contribution in [-0.2, 0) is 5.54 Å². The number of hydrogen-bond acceptors (Lipinski definition) is 6. The minimum atomic E-state index is -0.199. The molecule has 1 saturated heterocycles. The largest absolute Gasteiger partial charge is 0.368 e. The van der Waals surface area contributed by atoms with Gasteiger partial charge in [0.05, 0.1) is 17.8 Å². The zero-order valence-corrected chi connectivity index (χ0v) is 19.0. The number of para-hydroxylation sites is 1. The Balaban J connectivity index is 1.35. The van der Waals surface area contributed by atoms with E-state index in [9.17, 15) is 4.79 Å². The monoisotopic (exact) mass is 436 g/mol. The summed E-state index contributed by atoms with van der Waals surface area (Å²) in [6, 6.07) is 10.5. The first-order chi connectivity index (χ1) is 14.9. The van der Waals surface area contributed by atoms with E-state index in [0.29, 0.717) is 18.7 Å². The lowest BCUT2D eigenvalue weighted by Gasteiger charge is -2.38. The molecule has 0 aliphatic carbocycles. The van der Waals surface area contributed by atoms with Gasteiger partial charge in [-0.3, -0.25) is 4.79 Å². The lowest BCUT2D eigenvalue weighted by atomic mass is 9.93. The summed E-state index contributed by atoms with van der Waals surface area (Å²) in [6.45, 7) is 9.49. The third-order valence-electron chi connectivity index (χ3n) is 6.21. The van der Waals surface area contributed by atoms with Crippen LogP contribution in [0.5, 0.6) is 0 Å². The minimum absolute atomic E-state index is 0.0493. The van der Waals surface area contributed by atoms with Crippen LogP contribution in [0.1, 0.15) is 46.6 Å². The van der Waals surface area contributed by atoms with Crippen molar-refractivity contribution in [1.29, 1.82) is 0 Å². The standard InChI is InChI=1S/C23H28N6OS/c1-16-14-24-21(31-16)19-13-23(2,3)29-20(26-19)18(15-25-29)22(30)28-11-9-27(10-12-28)17-7-5-4-6-8-17/h4-8,14-15,19,26H,9-13H2,1-3H3. The van der Waals surface area contributed by atoms with Crippen LogP contribution in [0.25, 0.3) is 0 Å². The Labute approximate surface area is 186 Å². The van der Waals surface area contributed by atoms with Gasteiger partial charge in [0.2, 0.25) is 0 Å². The van der Waals surface area contributed by atoms with Gasteiger partial charge in [-0.15, -0.1) is 11.3 Å². The Morgan fingerprint density at radius 1 is 1.13 bits per heavy atom. The number of amides is 1. The summed E-state index contributed by atoms with van der Waals surface area (Å²) in [5, 5.41) is 9.24. The molecule has 1 N–H and O–H groups in total. The first kappa shape index (κ1) is 20.1. The molecule has 5 rings (SSSR count). The maximum Gasteiger partial charge on any atom is 0.259 e. The highest BCUT2D eigenvalue weighted by Crippen LogP contribution is 2.41. The molecular formula is C23H28N6OS. The molecule has 2 aliphatic heterocycles. The number of piperazine rings is 1. The maximum atomic E-state index is 13.4. The summed E-state index contributed by atoms with van der Waals surface area (Å²) >= 11 is 1.71. The summed E-state index contributed by atoms with van der Waals surface area (Å²) < 4.78 is 1.97. The zero-order valence-electron chi connectivity index (χ0n) is 18.2. The van der Waals surface area contributed by atoms with Crippen LogP contribution in [0.2, 0.25) is 0 Å². The SMILES string of the molecule is Cc1cnc(C2CC(C)(C)n3ncc(C(=O)N4CCN(c5ccccc5)CC4)c3N2)s1. The fraction of sp³-hybridized carbons (Fsp3) is 0.435. The molecule has 1 aromatic carbocycles. The molecule has 1 unspecified atom stereocenters. The lowest BCUT2D eigenvalue weighted by molar-refractivity contribution is 0.0747. The number of thiazole rings is 1. The smallest absolute Gasteiger partial charge is 0.259 e. The molecular weight excluding hydrogens is 408 g/mol. The Kier molecular flexibility index (Phi) is 4.97. The van der Waals surface area contributed by atoms with Gasteiger partial charge in [-0.05, 0) is 39.3 Å². The van der Waals surface area contributed by atoms with Crippen molar-refractivity contribution in [2.45, 2.75) is 38.8 Å². The van der Waals surface area contributed by atoms with Crippen molar-refractivity contribution in [2.75, 3.05) is 36.4 Å². The van der Waals surface area contributed by atoms with E-state index in [1.807, 2.05) is 21.8 Å². The van der Waals surface area contributed by atoms with Crippen molar-refractivity contribution in [3.63, 3.8) is 0 Å². The normalized spacial score (nSPS) is 20.3. The number of nitrogens with zero attached hydrogens (tertiary/aromatic N) is 5. The molecule has 0 radical (unpaired) electrons. The average Bonchev–Trinajstić information content (AvgIpc) is 3.40. The van der Waals surface area contributed by atoms with Crippen LogP contribution in [-0.4, -0.2) is 51.8 Å². The van der Waals surface area contributed by atoms with E-state index in [2.05, 4.69) is 65.3 Å². The highest BCUT2D eigenvalue weighted by molar-refractivity contribution is 7.11. The van der Waals surface area contributed by atoms with Gasteiger partial charge in [0.25, 0.3) is 5.91 Å². The van der Waals surface area contributed by atoms with Crippen LogP contribution in [0.3, 0.4) is 0 Å². The van der Waals surface area contributed by atoms with E-state index >= 15 is 0 Å². The number of rotatable bonds is 3. The molecule has 0 saturated carbocycles. The molecule has 4 heterocycles. The number of benzene rings is 1. The number of anilines is 2. The number of aryl methyl sites for hydroxylation is 1. The Hall–Kier alpha value is -2.87. The van der Waals surface area contributed by atoms with Gasteiger partial charge in [-0.1, -0.05) is 18.2 Å². The average molecular weight is 437 g/mol. The van der Waals surface area contributed by atoms with Gasteiger partial charge in [0, 0.05) is 42.9 Å². The van der Waals surface area contributed by atoms with E-state index in [0.717, 1.165) is 30.3 Å². The van der Waals surface area contributed by atoms with Crippen LogP contribution in [0.4, 0.5) is 11.5 Å². The highest BCUT2D eigenvalue weighted by Gasteiger charge is 2.38. The summed E-state index contributed by atoms with van der Waals surface area (Å²) in [5.74, 6) is 0.859. The molecule has 2 aromatic heterocycles. The molecule has 162 valence electrons. The molecule has 1 fully saturated rings. The van der Waals surface area contributed by atoms with E-state index in [4.69, 9.17) is 0 Å². The van der Waals surface area contributed by atoms with Crippen LogP contribution in [0, 0.1) is 6.92 Å². The maximum absolute atomic E-state index is 13.4. The molecule has 0 bridgehead atoms. The molecule has 3 aromatic rings. The number of aromatic nitrogens is 3. The quantitative estimate of drug-likeness (QED) is 0.675. The van der Waals surface area contributed by atoms with Crippen molar-refractivity contribution >= 4 is 28.7 Å². The van der Waals surface area contributed by atoms with Gasteiger partial charge >= 0.3 is 0 Å². The Bertz CT molecular complexity index is 1080. The number of nitrogens with one attached hydrogen (secondary N) is 1. The predicted octanol–water partition coefficient (Wildman–Crippen LogP) is 3.90. The van der Waals surface area contributed by atoms with E-state index in [1.54, 1.807) is 17.5 Å². The fourth-order valence-corrected chi connectivity index (χ4v) is 5.39. The molecule has 0 spiro atoms. The van der Waals surface area contributed by atoms with E-state index in [-0.39, 0.29) is 17.5 Å².